The monoisotopic (exact) mass is 359 g/mol. The Morgan fingerprint density at radius 1 is 1.04 bits per heavy atom. The molecular formula is C18H21N3O5. The molecule has 2 aromatic rings. The number of benzene rings is 1. The second kappa shape index (κ2) is 8.19. The van der Waals surface area contributed by atoms with Crippen molar-refractivity contribution in [2.24, 2.45) is 0 Å². The number of carbonyl (C=O) groups excluding carboxylic acids is 2. The molecule has 1 aromatic heterocycles. The standard InChI is InChI=1S/C18H21N3O5/c1-18(2,10-9-15(22)23)21-17(25)20-13-7-5-12(6-8-13)19-16(24)14-4-3-11-26-14/h3-8,11H,9-10H2,1-2H3,(H,19,24)(H,22,23)(H2,20,21,25). The third-order valence-corrected chi connectivity index (χ3v) is 3.56. The van der Waals surface area contributed by atoms with E-state index >= 15 is 0 Å². The molecule has 0 radical (unpaired) electrons. The number of hydrogen-bond acceptors (Lipinski definition) is 4. The number of amides is 3. The number of carboxylic acid groups (broad SMARTS) is 1. The Bertz CT molecular complexity index is 767. The van der Waals surface area contributed by atoms with Crippen molar-refractivity contribution < 1.29 is 23.9 Å². The molecule has 0 atom stereocenters. The Balaban J connectivity index is 1.87. The Hall–Kier alpha value is -3.29. The van der Waals surface area contributed by atoms with Crippen molar-refractivity contribution in [3.63, 3.8) is 0 Å². The maximum Gasteiger partial charge on any atom is 0.319 e. The van der Waals surface area contributed by atoms with Crippen LogP contribution in [0.1, 0.15) is 37.2 Å². The van der Waals surface area contributed by atoms with Gasteiger partial charge >= 0.3 is 12.0 Å². The fraction of sp³-hybridized carbons (Fsp3) is 0.278. The molecule has 0 fully saturated rings. The summed E-state index contributed by atoms with van der Waals surface area (Å²) < 4.78 is 5.01. The molecule has 8 heteroatoms. The van der Waals surface area contributed by atoms with Crippen LogP contribution in [0, 0.1) is 0 Å². The summed E-state index contributed by atoms with van der Waals surface area (Å²) in [6, 6.07) is 9.31. The summed E-state index contributed by atoms with van der Waals surface area (Å²) in [5.41, 5.74) is 0.436. The third kappa shape index (κ3) is 5.97. The van der Waals surface area contributed by atoms with Gasteiger partial charge in [-0.2, -0.15) is 0 Å². The van der Waals surface area contributed by atoms with Crippen LogP contribution in [0.15, 0.2) is 47.1 Å². The summed E-state index contributed by atoms with van der Waals surface area (Å²) in [7, 11) is 0. The van der Waals surface area contributed by atoms with Crippen molar-refractivity contribution in [3.8, 4) is 0 Å². The lowest BCUT2D eigenvalue weighted by Gasteiger charge is -2.25. The van der Waals surface area contributed by atoms with Crippen LogP contribution in [-0.2, 0) is 4.79 Å². The first-order valence-corrected chi connectivity index (χ1v) is 8.01. The largest absolute Gasteiger partial charge is 0.481 e. The van der Waals surface area contributed by atoms with Crippen LogP contribution in [-0.4, -0.2) is 28.6 Å². The predicted molar refractivity (Wildman–Crippen MR) is 96.2 cm³/mol. The molecule has 0 bridgehead atoms. The van der Waals surface area contributed by atoms with Gasteiger partial charge in [-0.25, -0.2) is 4.79 Å². The molecule has 8 nitrogen and oxygen atoms in total. The van der Waals surface area contributed by atoms with Crippen LogP contribution in [0.25, 0.3) is 0 Å². The first-order chi connectivity index (χ1) is 12.2. The minimum atomic E-state index is -0.910. The number of nitrogens with one attached hydrogen (secondary N) is 3. The molecule has 0 saturated carbocycles. The zero-order valence-corrected chi connectivity index (χ0v) is 14.5. The average molecular weight is 359 g/mol. The maximum atomic E-state index is 12.0. The van der Waals surface area contributed by atoms with Crippen molar-refractivity contribution in [2.45, 2.75) is 32.2 Å². The van der Waals surface area contributed by atoms with Crippen LogP contribution in [0.2, 0.25) is 0 Å². The van der Waals surface area contributed by atoms with Gasteiger partial charge < -0.3 is 25.5 Å². The van der Waals surface area contributed by atoms with E-state index in [-0.39, 0.29) is 18.1 Å². The van der Waals surface area contributed by atoms with E-state index in [1.165, 1.54) is 6.26 Å². The SMILES string of the molecule is CC(C)(CCC(=O)O)NC(=O)Nc1ccc(NC(=O)c2ccco2)cc1. The van der Waals surface area contributed by atoms with Gasteiger partial charge in [0.25, 0.3) is 5.91 Å². The summed E-state index contributed by atoms with van der Waals surface area (Å²) in [5.74, 6) is -1.07. The Kier molecular flexibility index (Phi) is 6.00. The van der Waals surface area contributed by atoms with E-state index in [1.54, 1.807) is 50.2 Å². The first kappa shape index (κ1) is 19.0. The smallest absolute Gasteiger partial charge is 0.319 e. The highest BCUT2D eigenvalue weighted by Gasteiger charge is 2.21. The summed E-state index contributed by atoms with van der Waals surface area (Å²) in [5, 5.41) is 16.8. The van der Waals surface area contributed by atoms with Gasteiger partial charge in [0.15, 0.2) is 5.76 Å². The summed E-state index contributed by atoms with van der Waals surface area (Å²) in [4.78, 5) is 34.6. The lowest BCUT2D eigenvalue weighted by molar-refractivity contribution is -0.137. The number of urea groups is 1. The van der Waals surface area contributed by atoms with Gasteiger partial charge in [-0.3, -0.25) is 9.59 Å². The Labute approximate surface area is 150 Å². The lowest BCUT2D eigenvalue weighted by atomic mass is 9.99. The minimum absolute atomic E-state index is 0.0304. The number of furan rings is 1. The van der Waals surface area contributed by atoms with Crippen LogP contribution in [0.5, 0.6) is 0 Å². The Morgan fingerprint density at radius 3 is 2.19 bits per heavy atom. The second-order valence-electron chi connectivity index (χ2n) is 6.37. The molecule has 2 rings (SSSR count). The predicted octanol–water partition coefficient (Wildman–Crippen LogP) is 3.30. The molecule has 1 aromatic carbocycles. The molecular weight excluding hydrogens is 338 g/mol. The lowest BCUT2D eigenvalue weighted by Crippen LogP contribution is -2.45. The van der Waals surface area contributed by atoms with Crippen LogP contribution < -0.4 is 16.0 Å². The van der Waals surface area contributed by atoms with E-state index in [4.69, 9.17) is 9.52 Å². The number of aliphatic carboxylic acids is 1. The van der Waals surface area contributed by atoms with Gasteiger partial charge in [-0.05, 0) is 56.7 Å². The van der Waals surface area contributed by atoms with Crippen LogP contribution in [0.3, 0.4) is 0 Å². The molecule has 26 heavy (non-hydrogen) atoms. The average Bonchev–Trinajstić information content (AvgIpc) is 3.09. The van der Waals surface area contributed by atoms with Gasteiger partial charge in [0.05, 0.1) is 6.26 Å². The quantitative estimate of drug-likeness (QED) is 0.604. The van der Waals surface area contributed by atoms with Gasteiger partial charge in [0.1, 0.15) is 0 Å². The minimum Gasteiger partial charge on any atom is -0.481 e. The normalized spacial score (nSPS) is 10.8. The highest BCUT2D eigenvalue weighted by atomic mass is 16.4. The summed E-state index contributed by atoms with van der Waals surface area (Å²) in [6.45, 7) is 3.51. The number of rotatable bonds is 7. The topological polar surface area (TPSA) is 121 Å². The van der Waals surface area contributed by atoms with E-state index in [9.17, 15) is 14.4 Å². The van der Waals surface area contributed by atoms with Crippen molar-refractivity contribution in [1.82, 2.24) is 5.32 Å². The van der Waals surface area contributed by atoms with E-state index < -0.39 is 17.5 Å². The zero-order valence-electron chi connectivity index (χ0n) is 14.5. The molecule has 0 spiro atoms. The van der Waals surface area contributed by atoms with Crippen molar-refractivity contribution in [3.05, 3.63) is 48.4 Å². The molecule has 1 heterocycles. The van der Waals surface area contributed by atoms with E-state index in [0.29, 0.717) is 17.8 Å². The number of carbonyl (C=O) groups is 3. The highest BCUT2D eigenvalue weighted by Crippen LogP contribution is 2.16. The molecule has 0 aliphatic carbocycles. The number of hydrogen-bond donors (Lipinski definition) is 4. The van der Waals surface area contributed by atoms with Gasteiger partial charge in [-0.1, -0.05) is 0 Å². The van der Waals surface area contributed by atoms with E-state index in [0.717, 1.165) is 0 Å². The number of anilines is 2. The highest BCUT2D eigenvalue weighted by molar-refractivity contribution is 6.02. The second-order valence-corrected chi connectivity index (χ2v) is 6.37. The fourth-order valence-corrected chi connectivity index (χ4v) is 2.19. The number of carboxylic acids is 1. The Morgan fingerprint density at radius 2 is 1.65 bits per heavy atom. The molecule has 0 saturated heterocycles. The summed E-state index contributed by atoms with van der Waals surface area (Å²) >= 11 is 0. The van der Waals surface area contributed by atoms with Crippen molar-refractivity contribution in [2.75, 3.05) is 10.6 Å². The molecule has 0 unspecified atom stereocenters. The van der Waals surface area contributed by atoms with Gasteiger partial charge in [0.2, 0.25) is 0 Å². The molecule has 3 amide bonds. The molecule has 0 aliphatic heterocycles. The van der Waals surface area contributed by atoms with E-state index in [2.05, 4.69) is 16.0 Å². The van der Waals surface area contributed by atoms with Gasteiger partial charge in [0, 0.05) is 23.3 Å². The maximum absolute atomic E-state index is 12.0. The fourth-order valence-electron chi connectivity index (χ4n) is 2.19. The third-order valence-electron chi connectivity index (χ3n) is 3.56. The first-order valence-electron chi connectivity index (χ1n) is 8.01. The van der Waals surface area contributed by atoms with E-state index in [1.807, 2.05) is 0 Å². The van der Waals surface area contributed by atoms with Crippen LogP contribution >= 0.6 is 0 Å². The van der Waals surface area contributed by atoms with Crippen molar-refractivity contribution in [1.29, 1.82) is 0 Å². The molecule has 138 valence electrons. The van der Waals surface area contributed by atoms with Crippen LogP contribution in [0.4, 0.5) is 16.2 Å². The zero-order chi connectivity index (χ0) is 19.2. The van der Waals surface area contributed by atoms with Crippen molar-refractivity contribution >= 4 is 29.3 Å². The molecule has 4 N–H and O–H groups in total. The molecule has 0 aliphatic rings. The van der Waals surface area contributed by atoms with Gasteiger partial charge in [-0.15, -0.1) is 0 Å². The summed E-state index contributed by atoms with van der Waals surface area (Å²) in [6.07, 6.45) is 1.70.